The van der Waals surface area contributed by atoms with Gasteiger partial charge in [0.2, 0.25) is 0 Å². The molecule has 0 fully saturated rings. The molecular formula is C60H70N2O4S4. The lowest BCUT2D eigenvalue weighted by molar-refractivity contribution is 0.286. The van der Waals surface area contributed by atoms with Crippen LogP contribution in [0.2, 0.25) is 0 Å². The molecule has 6 nitrogen and oxygen atoms in total. The number of ether oxygens (including phenoxy) is 4. The Bertz CT molecular complexity index is 2500. The van der Waals surface area contributed by atoms with E-state index in [9.17, 15) is 0 Å². The minimum Gasteiger partial charge on any atom is -0.489 e. The summed E-state index contributed by atoms with van der Waals surface area (Å²) < 4.78 is 29.0. The summed E-state index contributed by atoms with van der Waals surface area (Å²) in [5, 5.41) is 0. The Morgan fingerprint density at radius 1 is 0.314 bits per heavy atom. The summed E-state index contributed by atoms with van der Waals surface area (Å²) >= 11 is 7.07. The average molecular weight is 1010 g/mol. The first-order valence-corrected chi connectivity index (χ1v) is 28.0. The lowest BCUT2D eigenvalue weighted by atomic mass is 9.87. The number of nitrogens with zero attached hydrogens (tertiary/aromatic N) is 2. The maximum Gasteiger partial charge on any atom is 0.147 e. The average Bonchev–Trinajstić information content (AvgIpc) is 3.28. The Balaban J connectivity index is 1.38. The van der Waals surface area contributed by atoms with Crippen molar-refractivity contribution in [3.8, 4) is 23.0 Å². The van der Waals surface area contributed by atoms with E-state index >= 15 is 0 Å². The van der Waals surface area contributed by atoms with Gasteiger partial charge in [0, 0.05) is 11.4 Å². The van der Waals surface area contributed by atoms with Crippen LogP contribution in [0.4, 0.5) is 11.4 Å². The number of hydrogen-bond donors (Lipinski definition) is 0. The van der Waals surface area contributed by atoms with Crippen LogP contribution < -0.4 is 28.7 Å². The highest BCUT2D eigenvalue weighted by Gasteiger charge is 2.31. The third-order valence-electron chi connectivity index (χ3n) is 13.1. The molecule has 0 spiro atoms. The Labute approximate surface area is 435 Å². The van der Waals surface area contributed by atoms with E-state index in [0.717, 1.165) is 73.5 Å². The quantitative estimate of drug-likeness (QED) is 0.167. The number of benzene rings is 6. The molecule has 6 aromatic rings. The molecule has 3 aliphatic heterocycles. The lowest BCUT2D eigenvalue weighted by Gasteiger charge is -2.31. The van der Waals surface area contributed by atoms with Gasteiger partial charge < -0.3 is 28.7 Å². The minimum absolute atomic E-state index is 0.153. The largest absolute Gasteiger partial charge is 0.489 e. The van der Waals surface area contributed by atoms with E-state index < -0.39 is 0 Å². The van der Waals surface area contributed by atoms with E-state index in [1.54, 1.807) is 47.0 Å². The summed E-state index contributed by atoms with van der Waals surface area (Å²) in [5.74, 6) is 3.52. The predicted molar refractivity (Wildman–Crippen MR) is 296 cm³/mol. The standard InChI is InChI=1S/C60H70N2O4S4/c1-57(2,3)39-31-45-53-49(35-39)69-50-36-41(59(7,8)9)33-47-55(50)65-29-25-62(44-21-17-14-18-22-44)26-30-66-56-48(68-47)34-42(60(10,11)12)38-52(56)70-51-37-40(58(4,5)6)32-46(67-45)54(51)64-28-24-61(23-27-63-53)43-19-15-13-16-20-43/h13-22,31-38H,23-30H2,1-12H3. The highest BCUT2D eigenvalue weighted by atomic mass is 32.2. The topological polar surface area (TPSA) is 43.4 Å². The van der Waals surface area contributed by atoms with Crippen LogP contribution in [0.25, 0.3) is 0 Å². The number of hydrogen-bond acceptors (Lipinski definition) is 10. The smallest absolute Gasteiger partial charge is 0.147 e. The van der Waals surface area contributed by atoms with E-state index in [0.29, 0.717) is 52.6 Å². The van der Waals surface area contributed by atoms with Gasteiger partial charge in [0.05, 0.1) is 65.3 Å². The van der Waals surface area contributed by atoms with Gasteiger partial charge in [0.15, 0.2) is 0 Å². The van der Waals surface area contributed by atoms with Crippen LogP contribution in [0, 0.1) is 0 Å². The first-order valence-electron chi connectivity index (χ1n) is 24.8. The first kappa shape index (κ1) is 50.5. The van der Waals surface area contributed by atoms with Crippen LogP contribution in [-0.4, -0.2) is 52.6 Å². The zero-order valence-electron chi connectivity index (χ0n) is 43.2. The molecule has 6 aromatic carbocycles. The minimum atomic E-state index is -0.153. The molecule has 368 valence electrons. The van der Waals surface area contributed by atoms with Crippen molar-refractivity contribution in [3.05, 3.63) is 131 Å². The fourth-order valence-electron chi connectivity index (χ4n) is 8.74. The maximum atomic E-state index is 7.26. The maximum absolute atomic E-state index is 7.26. The summed E-state index contributed by atoms with van der Waals surface area (Å²) in [5.41, 5.74) is 6.63. The second kappa shape index (κ2) is 20.2. The molecule has 0 unspecified atom stereocenters. The molecular weight excluding hydrogens is 941 g/mol. The van der Waals surface area contributed by atoms with E-state index in [1.807, 2.05) is 0 Å². The number of rotatable bonds is 2. The summed E-state index contributed by atoms with van der Waals surface area (Å²) in [6.45, 7) is 32.4. The van der Waals surface area contributed by atoms with Crippen LogP contribution >= 0.6 is 47.0 Å². The molecule has 3 aliphatic rings. The van der Waals surface area contributed by atoms with E-state index in [2.05, 4.69) is 202 Å². The highest BCUT2D eigenvalue weighted by Crippen LogP contribution is 2.56. The molecule has 0 saturated carbocycles. The normalized spacial score (nSPS) is 16.0. The van der Waals surface area contributed by atoms with Crippen molar-refractivity contribution in [1.82, 2.24) is 0 Å². The zero-order chi connectivity index (χ0) is 49.6. The Hall–Kier alpha value is -4.48. The van der Waals surface area contributed by atoms with Crippen molar-refractivity contribution >= 4 is 58.4 Å². The van der Waals surface area contributed by atoms with Crippen LogP contribution in [0.1, 0.15) is 105 Å². The van der Waals surface area contributed by atoms with Crippen molar-refractivity contribution < 1.29 is 18.9 Å². The third kappa shape index (κ3) is 11.4. The molecule has 70 heavy (non-hydrogen) atoms. The second-order valence-corrected chi connectivity index (χ2v) is 27.0. The van der Waals surface area contributed by atoms with Crippen LogP contribution in [-0.2, 0) is 21.7 Å². The molecule has 0 radical (unpaired) electrons. The molecule has 0 aliphatic carbocycles. The molecule has 0 atom stereocenters. The molecule has 10 heteroatoms. The molecule has 0 amide bonds. The van der Waals surface area contributed by atoms with Crippen LogP contribution in [0.3, 0.4) is 0 Å². The first-order chi connectivity index (χ1) is 33.2. The summed E-state index contributed by atoms with van der Waals surface area (Å²) in [6, 6.07) is 40.3. The summed E-state index contributed by atoms with van der Waals surface area (Å²) in [7, 11) is 0. The molecule has 9 rings (SSSR count). The van der Waals surface area contributed by atoms with Gasteiger partial charge in [-0.3, -0.25) is 0 Å². The van der Waals surface area contributed by atoms with E-state index in [-0.39, 0.29) is 21.7 Å². The molecule has 0 saturated heterocycles. The number of para-hydroxylation sites is 2. The van der Waals surface area contributed by atoms with Gasteiger partial charge >= 0.3 is 0 Å². The molecule has 0 aromatic heterocycles. The lowest BCUT2D eigenvalue weighted by Crippen LogP contribution is -2.33. The van der Waals surface area contributed by atoms with Crippen LogP contribution in [0.5, 0.6) is 23.0 Å². The SMILES string of the molecule is CC(C)(C)c1cc2c3c(c1)Sc1cc(C(C)(C)C)cc4c1OCCN(c1ccccc1)CCOc1c(cc(C(C)(C)C)cc1Sc1cc(C(C)(C)C)cc(c1OCCN(c1ccccc1)CCO3)S2)S4. The van der Waals surface area contributed by atoms with Gasteiger partial charge in [-0.05, 0) is 117 Å². The molecule has 0 N–H and O–H groups in total. The van der Waals surface area contributed by atoms with Gasteiger partial charge in [-0.1, -0.05) is 167 Å². The van der Waals surface area contributed by atoms with E-state index in [1.165, 1.54) is 22.3 Å². The van der Waals surface area contributed by atoms with Crippen molar-refractivity contribution in [2.45, 2.75) is 144 Å². The van der Waals surface area contributed by atoms with Gasteiger partial charge in [0.1, 0.15) is 49.4 Å². The van der Waals surface area contributed by atoms with Crippen LogP contribution in [0.15, 0.2) is 148 Å². The second-order valence-electron chi connectivity index (χ2n) is 22.7. The fraction of sp³-hybridized carbons (Fsp3) is 0.400. The predicted octanol–water partition coefficient (Wildman–Crippen LogP) is 16.4. The Morgan fingerprint density at radius 2 is 0.514 bits per heavy atom. The zero-order valence-corrected chi connectivity index (χ0v) is 46.5. The van der Waals surface area contributed by atoms with E-state index in [4.69, 9.17) is 18.9 Å². The van der Waals surface area contributed by atoms with Gasteiger partial charge in [-0.25, -0.2) is 0 Å². The summed E-state index contributed by atoms with van der Waals surface area (Å²) in [4.78, 5) is 13.3. The third-order valence-corrected chi connectivity index (χ3v) is 17.3. The van der Waals surface area contributed by atoms with Crippen molar-refractivity contribution in [3.63, 3.8) is 0 Å². The number of anilines is 2. The van der Waals surface area contributed by atoms with Gasteiger partial charge in [0.25, 0.3) is 0 Å². The fourth-order valence-corrected chi connectivity index (χ4v) is 13.5. The molecule has 3 heterocycles. The monoisotopic (exact) mass is 1010 g/mol. The molecule has 12 bridgehead atoms. The van der Waals surface area contributed by atoms with Crippen molar-refractivity contribution in [2.24, 2.45) is 0 Å². The van der Waals surface area contributed by atoms with Gasteiger partial charge in [-0.2, -0.15) is 0 Å². The van der Waals surface area contributed by atoms with Crippen molar-refractivity contribution in [2.75, 3.05) is 62.4 Å². The summed E-state index contributed by atoms with van der Waals surface area (Å²) in [6.07, 6.45) is 0. The Morgan fingerprint density at radius 3 is 0.700 bits per heavy atom. The Kier molecular flexibility index (Phi) is 14.6. The van der Waals surface area contributed by atoms with Crippen molar-refractivity contribution in [1.29, 1.82) is 0 Å². The van der Waals surface area contributed by atoms with Gasteiger partial charge in [-0.15, -0.1) is 0 Å². The highest BCUT2D eigenvalue weighted by molar-refractivity contribution is 8.01.